The molecule has 0 radical (unpaired) electrons. The second-order valence-corrected chi connectivity index (χ2v) is 5.43. The normalized spacial score (nSPS) is 12.6. The number of hydrogen-bond acceptors (Lipinski definition) is 2. The third-order valence-corrected chi connectivity index (χ3v) is 4.26. The van der Waals surface area contributed by atoms with Gasteiger partial charge in [0.2, 0.25) is 0 Å². The Balaban J connectivity index is 2.24. The lowest BCUT2D eigenvalue weighted by molar-refractivity contribution is 0.564. The van der Waals surface area contributed by atoms with Crippen LogP contribution in [0.3, 0.4) is 0 Å². The molecule has 0 aliphatic rings. The van der Waals surface area contributed by atoms with Gasteiger partial charge in [-0.1, -0.05) is 6.92 Å². The molecule has 2 aromatic rings. The third-order valence-electron chi connectivity index (χ3n) is 3.19. The summed E-state index contributed by atoms with van der Waals surface area (Å²) in [6.07, 6.45) is 1.55. The molecule has 1 unspecified atom stereocenters. The fraction of sp³-hybridized carbons (Fsp3) is 0.333. The predicted molar refractivity (Wildman–Crippen MR) is 75.6 cm³/mol. The highest BCUT2D eigenvalue weighted by molar-refractivity contribution is 7.10. The van der Waals surface area contributed by atoms with E-state index in [9.17, 15) is 8.78 Å². The van der Waals surface area contributed by atoms with Gasteiger partial charge in [0.15, 0.2) is 0 Å². The van der Waals surface area contributed by atoms with E-state index in [1.165, 1.54) is 22.6 Å². The van der Waals surface area contributed by atoms with E-state index in [4.69, 9.17) is 0 Å². The summed E-state index contributed by atoms with van der Waals surface area (Å²) in [5, 5.41) is 5.29. The van der Waals surface area contributed by atoms with Crippen LogP contribution in [0.1, 0.15) is 29.0 Å². The van der Waals surface area contributed by atoms with E-state index in [1.54, 1.807) is 11.3 Å². The molecule has 2 rings (SSSR count). The summed E-state index contributed by atoms with van der Waals surface area (Å²) in [5.74, 6) is -1.04. The van der Waals surface area contributed by atoms with Gasteiger partial charge in [-0.15, -0.1) is 11.3 Å². The maximum Gasteiger partial charge on any atom is 0.126 e. The number of nitrogens with one attached hydrogen (secondary N) is 1. The maximum absolute atomic E-state index is 13.2. The topological polar surface area (TPSA) is 12.0 Å². The van der Waals surface area contributed by atoms with Crippen molar-refractivity contribution < 1.29 is 8.78 Å². The van der Waals surface area contributed by atoms with Crippen LogP contribution in [0.5, 0.6) is 0 Å². The Morgan fingerprint density at radius 1 is 1.21 bits per heavy atom. The molecule has 102 valence electrons. The highest BCUT2D eigenvalue weighted by atomic mass is 32.1. The number of likely N-dealkylation sites (N-methyl/N-ethyl adjacent to an activating group) is 1. The second-order valence-electron chi connectivity index (χ2n) is 4.49. The molecule has 0 aliphatic heterocycles. The van der Waals surface area contributed by atoms with Gasteiger partial charge in [0.25, 0.3) is 0 Å². The first-order chi connectivity index (χ1) is 9.13. The number of benzene rings is 1. The Kier molecular flexibility index (Phi) is 4.66. The zero-order chi connectivity index (χ0) is 13.8. The van der Waals surface area contributed by atoms with Crippen LogP contribution in [-0.4, -0.2) is 7.05 Å². The third kappa shape index (κ3) is 3.39. The van der Waals surface area contributed by atoms with Crippen molar-refractivity contribution in [2.45, 2.75) is 25.8 Å². The van der Waals surface area contributed by atoms with Crippen molar-refractivity contribution in [2.75, 3.05) is 7.05 Å². The molecule has 1 atom stereocenters. The minimum atomic E-state index is -0.522. The number of thiophene rings is 1. The molecule has 0 amide bonds. The average molecular weight is 281 g/mol. The second kappa shape index (κ2) is 6.26. The first-order valence-electron chi connectivity index (χ1n) is 6.32. The van der Waals surface area contributed by atoms with E-state index in [2.05, 4.69) is 23.7 Å². The van der Waals surface area contributed by atoms with Crippen molar-refractivity contribution in [3.05, 3.63) is 57.3 Å². The van der Waals surface area contributed by atoms with Crippen LogP contribution in [0.4, 0.5) is 8.78 Å². The van der Waals surface area contributed by atoms with Crippen LogP contribution in [0.15, 0.2) is 29.6 Å². The van der Waals surface area contributed by atoms with Gasteiger partial charge < -0.3 is 5.32 Å². The highest BCUT2D eigenvalue weighted by Gasteiger charge is 2.15. The van der Waals surface area contributed by atoms with Crippen molar-refractivity contribution in [1.82, 2.24) is 5.32 Å². The van der Waals surface area contributed by atoms with Gasteiger partial charge in [0.05, 0.1) is 0 Å². The number of hydrogen-bond donors (Lipinski definition) is 1. The molecular weight excluding hydrogens is 264 g/mol. The van der Waals surface area contributed by atoms with E-state index < -0.39 is 11.6 Å². The lowest BCUT2D eigenvalue weighted by Crippen LogP contribution is -2.19. The van der Waals surface area contributed by atoms with Crippen LogP contribution in [0.25, 0.3) is 0 Å². The molecule has 1 N–H and O–H groups in total. The Hall–Kier alpha value is -1.26. The predicted octanol–water partition coefficient (Wildman–Crippen LogP) is 4.09. The van der Waals surface area contributed by atoms with Gasteiger partial charge in [-0.3, -0.25) is 0 Å². The van der Waals surface area contributed by atoms with E-state index in [1.807, 2.05) is 7.05 Å². The molecule has 0 bridgehead atoms. The minimum Gasteiger partial charge on any atom is -0.312 e. The van der Waals surface area contributed by atoms with Crippen LogP contribution < -0.4 is 5.32 Å². The van der Waals surface area contributed by atoms with E-state index in [-0.39, 0.29) is 6.04 Å². The van der Waals surface area contributed by atoms with Crippen molar-refractivity contribution in [2.24, 2.45) is 0 Å². The van der Waals surface area contributed by atoms with E-state index >= 15 is 0 Å². The van der Waals surface area contributed by atoms with Crippen LogP contribution in [0.2, 0.25) is 0 Å². The van der Waals surface area contributed by atoms with Crippen molar-refractivity contribution >= 4 is 11.3 Å². The SMILES string of the molecule is CCc1ccsc1C(Cc1cc(F)cc(F)c1)NC. The smallest absolute Gasteiger partial charge is 0.126 e. The molecule has 1 nitrogen and oxygen atoms in total. The lowest BCUT2D eigenvalue weighted by Gasteiger charge is -2.17. The van der Waals surface area contributed by atoms with Crippen molar-refractivity contribution in [3.8, 4) is 0 Å². The zero-order valence-corrected chi connectivity index (χ0v) is 11.9. The average Bonchev–Trinajstić information content (AvgIpc) is 2.82. The fourth-order valence-electron chi connectivity index (χ4n) is 2.24. The van der Waals surface area contributed by atoms with E-state index in [0.29, 0.717) is 12.0 Å². The summed E-state index contributed by atoms with van der Waals surface area (Å²) in [5.41, 5.74) is 1.97. The Morgan fingerprint density at radius 3 is 2.47 bits per heavy atom. The van der Waals surface area contributed by atoms with Crippen LogP contribution in [0, 0.1) is 11.6 Å². The molecular formula is C15H17F2NS. The van der Waals surface area contributed by atoms with Gasteiger partial charge in [0.1, 0.15) is 11.6 Å². The number of halogens is 2. The molecule has 1 heterocycles. The molecule has 1 aromatic carbocycles. The summed E-state index contributed by atoms with van der Waals surface area (Å²) in [6, 6.07) is 5.90. The Morgan fingerprint density at radius 2 is 1.89 bits per heavy atom. The number of aryl methyl sites for hydroxylation is 1. The van der Waals surface area contributed by atoms with Gasteiger partial charge in [0, 0.05) is 17.0 Å². The largest absolute Gasteiger partial charge is 0.312 e. The molecule has 19 heavy (non-hydrogen) atoms. The standard InChI is InChI=1S/C15H17F2NS/c1-3-11-4-5-19-15(11)14(18-2)8-10-6-12(16)9-13(17)7-10/h4-7,9,14,18H,3,8H2,1-2H3. The molecule has 0 aliphatic carbocycles. The van der Waals surface area contributed by atoms with Gasteiger partial charge >= 0.3 is 0 Å². The lowest BCUT2D eigenvalue weighted by atomic mass is 10.0. The summed E-state index contributed by atoms with van der Waals surface area (Å²) in [6.45, 7) is 2.11. The summed E-state index contributed by atoms with van der Waals surface area (Å²) in [4.78, 5) is 1.25. The summed E-state index contributed by atoms with van der Waals surface area (Å²) < 4.78 is 26.4. The van der Waals surface area contributed by atoms with Crippen LogP contribution in [-0.2, 0) is 12.8 Å². The molecule has 0 spiro atoms. The van der Waals surface area contributed by atoms with Crippen LogP contribution >= 0.6 is 11.3 Å². The molecule has 0 saturated heterocycles. The van der Waals surface area contributed by atoms with E-state index in [0.717, 1.165) is 12.5 Å². The van der Waals surface area contributed by atoms with Crippen molar-refractivity contribution in [3.63, 3.8) is 0 Å². The van der Waals surface area contributed by atoms with Gasteiger partial charge in [-0.25, -0.2) is 8.78 Å². The summed E-state index contributed by atoms with van der Waals surface area (Å²) in [7, 11) is 1.87. The molecule has 0 saturated carbocycles. The fourth-order valence-corrected chi connectivity index (χ4v) is 3.34. The van der Waals surface area contributed by atoms with Gasteiger partial charge in [-0.2, -0.15) is 0 Å². The quantitative estimate of drug-likeness (QED) is 0.870. The minimum absolute atomic E-state index is 0.0937. The Labute approximate surface area is 116 Å². The molecule has 1 aromatic heterocycles. The first-order valence-corrected chi connectivity index (χ1v) is 7.20. The number of rotatable bonds is 5. The van der Waals surface area contributed by atoms with Crippen molar-refractivity contribution in [1.29, 1.82) is 0 Å². The first kappa shape index (κ1) is 14.2. The maximum atomic E-state index is 13.2. The summed E-state index contributed by atoms with van der Waals surface area (Å²) >= 11 is 1.68. The zero-order valence-electron chi connectivity index (χ0n) is 11.0. The highest BCUT2D eigenvalue weighted by Crippen LogP contribution is 2.28. The molecule has 4 heteroatoms. The monoisotopic (exact) mass is 281 g/mol. The Bertz CT molecular complexity index is 531. The van der Waals surface area contributed by atoms with Gasteiger partial charge in [-0.05, 0) is 54.6 Å². The molecule has 0 fully saturated rings.